The van der Waals surface area contributed by atoms with Crippen LogP contribution in [0.3, 0.4) is 0 Å². The second-order valence-electron chi connectivity index (χ2n) is 8.15. The first kappa shape index (κ1) is 22.6. The minimum atomic E-state index is -1.12. The summed E-state index contributed by atoms with van der Waals surface area (Å²) < 4.78 is 18.3. The zero-order chi connectivity index (χ0) is 22.2. The highest BCUT2D eigenvalue weighted by Gasteiger charge is 2.45. The molecular formula is C27H30O5. The summed E-state index contributed by atoms with van der Waals surface area (Å²) in [7, 11) is 0. The lowest BCUT2D eigenvalue weighted by atomic mass is 9.86. The van der Waals surface area contributed by atoms with E-state index in [-0.39, 0.29) is 0 Å². The van der Waals surface area contributed by atoms with Gasteiger partial charge in [0.25, 0.3) is 0 Å². The van der Waals surface area contributed by atoms with Gasteiger partial charge in [-0.05, 0) is 16.7 Å². The van der Waals surface area contributed by atoms with Crippen molar-refractivity contribution in [1.82, 2.24) is 0 Å². The number of aliphatic hydroxyl groups excluding tert-OH is 2. The van der Waals surface area contributed by atoms with Crippen molar-refractivity contribution in [2.75, 3.05) is 0 Å². The van der Waals surface area contributed by atoms with Crippen LogP contribution in [-0.2, 0) is 34.0 Å². The molecule has 3 aromatic carbocycles. The predicted octanol–water partition coefficient (Wildman–Crippen LogP) is 3.87. The summed E-state index contributed by atoms with van der Waals surface area (Å²) in [6.45, 7) is 1.08. The zero-order valence-electron chi connectivity index (χ0n) is 18.0. The van der Waals surface area contributed by atoms with E-state index < -0.39 is 30.5 Å². The molecule has 1 aliphatic rings. The summed E-state index contributed by atoms with van der Waals surface area (Å²) in [6.07, 6.45) is -3.38. The minimum absolute atomic E-state index is 0.329. The average molecular weight is 435 g/mol. The Kier molecular flexibility index (Phi) is 8.04. The van der Waals surface area contributed by atoms with Gasteiger partial charge in [0.05, 0.1) is 32.0 Å². The lowest BCUT2D eigenvalue weighted by molar-refractivity contribution is -0.221. The Balaban J connectivity index is 1.44. The maximum Gasteiger partial charge on any atom is 0.113 e. The van der Waals surface area contributed by atoms with E-state index in [2.05, 4.69) is 0 Å². The van der Waals surface area contributed by atoms with Gasteiger partial charge < -0.3 is 24.4 Å². The molecule has 0 spiro atoms. The van der Waals surface area contributed by atoms with Crippen LogP contribution < -0.4 is 0 Å². The number of aliphatic hydroxyl groups is 2. The predicted molar refractivity (Wildman–Crippen MR) is 122 cm³/mol. The van der Waals surface area contributed by atoms with Crippen molar-refractivity contribution in [2.24, 2.45) is 0 Å². The standard InChI is InChI=1S/C27H30O5/c28-25-23(30-17-20-10-4-1-5-11-20)16-24(31-18-21-12-6-2-7-13-21)27(26(25)29)32-19-22-14-8-3-9-15-22/h1-15,23-29H,16-19H2/t23?,24-,25+,26?,27-/m0/s1. The number of benzene rings is 3. The van der Waals surface area contributed by atoms with E-state index in [0.29, 0.717) is 26.2 Å². The van der Waals surface area contributed by atoms with Crippen molar-refractivity contribution in [3.05, 3.63) is 108 Å². The third-order valence-electron chi connectivity index (χ3n) is 5.80. The molecular weight excluding hydrogens is 404 g/mol. The van der Waals surface area contributed by atoms with Gasteiger partial charge >= 0.3 is 0 Å². The zero-order valence-corrected chi connectivity index (χ0v) is 18.0. The largest absolute Gasteiger partial charge is 0.388 e. The highest BCUT2D eigenvalue weighted by Crippen LogP contribution is 2.29. The highest BCUT2D eigenvalue weighted by atomic mass is 16.6. The van der Waals surface area contributed by atoms with Gasteiger partial charge in [-0.2, -0.15) is 0 Å². The maximum absolute atomic E-state index is 10.9. The molecule has 0 aliphatic heterocycles. The van der Waals surface area contributed by atoms with Gasteiger partial charge in [-0.25, -0.2) is 0 Å². The lowest BCUT2D eigenvalue weighted by Crippen LogP contribution is -2.58. The van der Waals surface area contributed by atoms with Crippen molar-refractivity contribution < 1.29 is 24.4 Å². The Bertz CT molecular complexity index is 919. The van der Waals surface area contributed by atoms with Crippen molar-refractivity contribution in [2.45, 2.75) is 56.8 Å². The van der Waals surface area contributed by atoms with E-state index in [1.807, 2.05) is 91.0 Å². The molecule has 5 nitrogen and oxygen atoms in total. The van der Waals surface area contributed by atoms with Gasteiger partial charge in [-0.3, -0.25) is 0 Å². The molecule has 0 heterocycles. The fraction of sp³-hybridized carbons (Fsp3) is 0.333. The third-order valence-corrected chi connectivity index (χ3v) is 5.80. The summed E-state index contributed by atoms with van der Waals surface area (Å²) in [5.74, 6) is 0. The fourth-order valence-electron chi connectivity index (χ4n) is 3.99. The molecule has 0 radical (unpaired) electrons. The van der Waals surface area contributed by atoms with Gasteiger partial charge in [0, 0.05) is 6.42 Å². The minimum Gasteiger partial charge on any atom is -0.388 e. The molecule has 2 N–H and O–H groups in total. The van der Waals surface area contributed by atoms with Crippen molar-refractivity contribution >= 4 is 0 Å². The van der Waals surface area contributed by atoms with Crippen LogP contribution in [0.5, 0.6) is 0 Å². The summed E-state index contributed by atoms with van der Waals surface area (Å²) in [4.78, 5) is 0. The first-order valence-corrected chi connectivity index (χ1v) is 11.0. The maximum atomic E-state index is 10.9. The molecule has 3 aromatic rings. The summed E-state index contributed by atoms with van der Waals surface area (Å²) in [6, 6.07) is 29.5. The van der Waals surface area contributed by atoms with Gasteiger partial charge in [0.2, 0.25) is 0 Å². The van der Waals surface area contributed by atoms with Crippen LogP contribution >= 0.6 is 0 Å². The lowest BCUT2D eigenvalue weighted by Gasteiger charge is -2.42. The van der Waals surface area contributed by atoms with Crippen molar-refractivity contribution in [3.8, 4) is 0 Å². The molecule has 0 amide bonds. The van der Waals surface area contributed by atoms with E-state index in [1.54, 1.807) is 0 Å². The normalized spacial score (nSPS) is 25.5. The number of rotatable bonds is 9. The van der Waals surface area contributed by atoms with Crippen LogP contribution in [0.25, 0.3) is 0 Å². The van der Waals surface area contributed by atoms with Crippen LogP contribution in [-0.4, -0.2) is 40.7 Å². The molecule has 1 aliphatic carbocycles. The molecule has 0 saturated heterocycles. The molecule has 5 heteroatoms. The summed E-state index contributed by atoms with van der Waals surface area (Å²) in [5, 5.41) is 21.7. The number of ether oxygens (including phenoxy) is 3. The molecule has 1 saturated carbocycles. The highest BCUT2D eigenvalue weighted by molar-refractivity contribution is 5.15. The van der Waals surface area contributed by atoms with Crippen LogP contribution in [0, 0.1) is 0 Å². The quantitative estimate of drug-likeness (QED) is 0.535. The monoisotopic (exact) mass is 434 g/mol. The second kappa shape index (κ2) is 11.4. The van der Waals surface area contributed by atoms with E-state index in [0.717, 1.165) is 16.7 Å². The molecule has 0 bridgehead atoms. The number of hydrogen-bond acceptors (Lipinski definition) is 5. The summed E-state index contributed by atoms with van der Waals surface area (Å²) >= 11 is 0. The average Bonchev–Trinajstić information content (AvgIpc) is 2.85. The van der Waals surface area contributed by atoms with Gasteiger partial charge in [-0.15, -0.1) is 0 Å². The van der Waals surface area contributed by atoms with Gasteiger partial charge in [0.1, 0.15) is 18.3 Å². The van der Waals surface area contributed by atoms with Crippen LogP contribution in [0.1, 0.15) is 23.1 Å². The topological polar surface area (TPSA) is 68.2 Å². The van der Waals surface area contributed by atoms with Crippen LogP contribution in [0.15, 0.2) is 91.0 Å². The van der Waals surface area contributed by atoms with E-state index >= 15 is 0 Å². The Hall–Kier alpha value is -2.54. The molecule has 4 rings (SSSR count). The van der Waals surface area contributed by atoms with Crippen LogP contribution in [0.2, 0.25) is 0 Å². The fourth-order valence-corrected chi connectivity index (χ4v) is 3.99. The molecule has 168 valence electrons. The Morgan fingerprint density at radius 2 is 0.938 bits per heavy atom. The first-order valence-electron chi connectivity index (χ1n) is 11.0. The number of hydrogen-bond donors (Lipinski definition) is 2. The van der Waals surface area contributed by atoms with Gasteiger partial charge in [-0.1, -0.05) is 91.0 Å². The Morgan fingerprint density at radius 3 is 1.41 bits per heavy atom. The molecule has 0 aromatic heterocycles. The van der Waals surface area contributed by atoms with Crippen molar-refractivity contribution in [3.63, 3.8) is 0 Å². The smallest absolute Gasteiger partial charge is 0.113 e. The second-order valence-corrected chi connectivity index (χ2v) is 8.15. The molecule has 2 unspecified atom stereocenters. The SMILES string of the molecule is OC1[C@H](O)C(OCc2ccccc2)C[C@H](OCc2ccccc2)[C@@H]1OCc1ccccc1. The molecule has 32 heavy (non-hydrogen) atoms. The first-order chi connectivity index (χ1) is 15.7. The molecule has 5 atom stereocenters. The summed E-state index contributed by atoms with van der Waals surface area (Å²) in [5.41, 5.74) is 3.05. The molecule has 1 fully saturated rings. The third kappa shape index (κ3) is 6.03. The Labute approximate surface area is 189 Å². The van der Waals surface area contributed by atoms with Crippen LogP contribution in [0.4, 0.5) is 0 Å². The van der Waals surface area contributed by atoms with E-state index in [4.69, 9.17) is 14.2 Å². The van der Waals surface area contributed by atoms with E-state index in [1.165, 1.54) is 0 Å². The van der Waals surface area contributed by atoms with Gasteiger partial charge in [0.15, 0.2) is 0 Å². The van der Waals surface area contributed by atoms with E-state index in [9.17, 15) is 10.2 Å². The van der Waals surface area contributed by atoms with Crippen molar-refractivity contribution in [1.29, 1.82) is 0 Å². The Morgan fingerprint density at radius 1 is 0.531 bits per heavy atom.